The molecule has 2 saturated carbocycles. The van der Waals surface area contributed by atoms with Crippen LogP contribution in [0.1, 0.15) is 64.7 Å². The maximum absolute atomic E-state index is 10.8. The number of rotatable bonds is 9. The van der Waals surface area contributed by atoms with Gasteiger partial charge >= 0.3 is 0 Å². The molecule has 4 nitrogen and oxygen atoms in total. The van der Waals surface area contributed by atoms with E-state index in [0.717, 1.165) is 13.0 Å². The molecule has 0 aromatic heterocycles. The second-order valence-corrected chi connectivity index (χ2v) is 8.67. The molecule has 3 N–H and O–H groups in total. The van der Waals surface area contributed by atoms with Gasteiger partial charge in [0, 0.05) is 0 Å². The topological polar surface area (TPSA) is 80.4 Å². The summed E-state index contributed by atoms with van der Waals surface area (Å²) in [6, 6.07) is 0. The molecule has 1 atom stereocenters. The SMILES string of the molecule is CCCC(CN)C(=C1CCC1)C1CC(CCCS(=O)(=O)O)C1. The van der Waals surface area contributed by atoms with Gasteiger partial charge in [0.1, 0.15) is 0 Å². The van der Waals surface area contributed by atoms with Crippen LogP contribution in [0.4, 0.5) is 0 Å². The molecule has 0 aromatic rings. The molecule has 2 rings (SSSR count). The Labute approximate surface area is 135 Å². The van der Waals surface area contributed by atoms with E-state index < -0.39 is 10.1 Å². The van der Waals surface area contributed by atoms with Crippen molar-refractivity contribution in [1.82, 2.24) is 0 Å². The highest BCUT2D eigenvalue weighted by molar-refractivity contribution is 7.85. The van der Waals surface area contributed by atoms with Gasteiger partial charge in [-0.2, -0.15) is 8.42 Å². The number of hydrogen-bond donors (Lipinski definition) is 2. The summed E-state index contributed by atoms with van der Waals surface area (Å²) >= 11 is 0. The summed E-state index contributed by atoms with van der Waals surface area (Å²) in [6.45, 7) is 2.99. The molecule has 0 spiro atoms. The monoisotopic (exact) mass is 329 g/mol. The molecule has 0 saturated heterocycles. The molecule has 2 fully saturated rings. The number of nitrogens with two attached hydrogens (primary N) is 1. The van der Waals surface area contributed by atoms with E-state index in [4.69, 9.17) is 10.3 Å². The van der Waals surface area contributed by atoms with E-state index in [9.17, 15) is 8.42 Å². The third-order valence-corrected chi connectivity index (χ3v) is 6.22. The minimum absolute atomic E-state index is 0.0939. The van der Waals surface area contributed by atoms with E-state index in [1.807, 2.05) is 0 Å². The third kappa shape index (κ3) is 4.80. The lowest BCUT2D eigenvalue weighted by Gasteiger charge is -2.42. The zero-order chi connectivity index (χ0) is 16.2. The van der Waals surface area contributed by atoms with Crippen molar-refractivity contribution in [3.8, 4) is 0 Å². The average Bonchev–Trinajstić information content (AvgIpc) is 2.33. The molecule has 2 aliphatic carbocycles. The first-order chi connectivity index (χ1) is 10.4. The van der Waals surface area contributed by atoms with Crippen LogP contribution in [0.15, 0.2) is 11.1 Å². The summed E-state index contributed by atoms with van der Waals surface area (Å²) in [5, 5.41) is 0. The number of hydrogen-bond acceptors (Lipinski definition) is 3. The van der Waals surface area contributed by atoms with Crippen LogP contribution < -0.4 is 5.73 Å². The van der Waals surface area contributed by atoms with Gasteiger partial charge in [-0.1, -0.05) is 24.5 Å². The fourth-order valence-corrected chi connectivity index (χ4v) is 4.61. The van der Waals surface area contributed by atoms with Crippen molar-refractivity contribution in [2.75, 3.05) is 12.3 Å². The molecule has 0 amide bonds. The lowest BCUT2D eigenvalue weighted by Crippen LogP contribution is -2.33. The first-order valence-electron chi connectivity index (χ1n) is 8.81. The van der Waals surface area contributed by atoms with Crippen molar-refractivity contribution in [3.05, 3.63) is 11.1 Å². The molecule has 2 aliphatic rings. The van der Waals surface area contributed by atoms with Crippen molar-refractivity contribution >= 4 is 10.1 Å². The predicted molar refractivity (Wildman–Crippen MR) is 90.2 cm³/mol. The summed E-state index contributed by atoms with van der Waals surface area (Å²) in [5.41, 5.74) is 9.37. The Balaban J connectivity index is 1.85. The van der Waals surface area contributed by atoms with E-state index in [2.05, 4.69) is 6.92 Å². The van der Waals surface area contributed by atoms with Gasteiger partial charge in [-0.25, -0.2) is 0 Å². The van der Waals surface area contributed by atoms with Gasteiger partial charge in [-0.05, 0) is 75.7 Å². The Morgan fingerprint density at radius 3 is 2.50 bits per heavy atom. The fourth-order valence-electron chi connectivity index (χ4n) is 4.08. The molecule has 1 unspecified atom stereocenters. The maximum atomic E-state index is 10.8. The minimum Gasteiger partial charge on any atom is -0.330 e. The molecule has 5 heteroatoms. The Bertz CT molecular complexity index is 486. The van der Waals surface area contributed by atoms with E-state index in [0.29, 0.717) is 24.2 Å². The number of allylic oxidation sites excluding steroid dienone is 1. The Kier molecular flexibility index (Phi) is 6.47. The van der Waals surface area contributed by atoms with Crippen LogP contribution in [-0.2, 0) is 10.1 Å². The smallest absolute Gasteiger partial charge is 0.264 e. The largest absolute Gasteiger partial charge is 0.330 e. The summed E-state index contributed by atoms with van der Waals surface area (Å²) in [4.78, 5) is 0. The van der Waals surface area contributed by atoms with Crippen molar-refractivity contribution in [2.45, 2.75) is 64.7 Å². The highest BCUT2D eigenvalue weighted by Gasteiger charge is 2.36. The quantitative estimate of drug-likeness (QED) is 0.501. The molecule has 22 heavy (non-hydrogen) atoms. The molecular formula is C17H31NO3S. The lowest BCUT2D eigenvalue weighted by atomic mass is 9.63. The Hall–Kier alpha value is -0.390. The van der Waals surface area contributed by atoms with Gasteiger partial charge in [-0.3, -0.25) is 4.55 Å². The normalized spacial score (nSPS) is 26.2. The highest BCUT2D eigenvalue weighted by atomic mass is 32.2. The van der Waals surface area contributed by atoms with Gasteiger partial charge in [-0.15, -0.1) is 0 Å². The van der Waals surface area contributed by atoms with Crippen molar-refractivity contribution in [3.63, 3.8) is 0 Å². The summed E-state index contributed by atoms with van der Waals surface area (Å²) < 4.78 is 30.3. The predicted octanol–water partition coefficient (Wildman–Crippen LogP) is 3.54. The standard InChI is InChI=1S/C17H31NO3S/c1-2-5-15(12-18)17(14-7-3-8-14)16-10-13(11-16)6-4-9-22(19,20)21/h13,15-16H,2-12,18H2,1H3,(H,19,20,21). The van der Waals surface area contributed by atoms with Gasteiger partial charge in [0.25, 0.3) is 10.1 Å². The van der Waals surface area contributed by atoms with Crippen molar-refractivity contribution < 1.29 is 13.0 Å². The van der Waals surface area contributed by atoms with Gasteiger partial charge < -0.3 is 5.73 Å². The van der Waals surface area contributed by atoms with E-state index in [-0.39, 0.29) is 5.75 Å². The maximum Gasteiger partial charge on any atom is 0.264 e. The van der Waals surface area contributed by atoms with Crippen LogP contribution in [-0.4, -0.2) is 25.3 Å². The average molecular weight is 330 g/mol. The van der Waals surface area contributed by atoms with Gasteiger partial charge in [0.15, 0.2) is 0 Å². The van der Waals surface area contributed by atoms with Crippen molar-refractivity contribution in [2.24, 2.45) is 23.5 Å². The summed E-state index contributed by atoms with van der Waals surface area (Å²) in [7, 11) is -3.79. The zero-order valence-electron chi connectivity index (χ0n) is 13.8. The Morgan fingerprint density at radius 2 is 2.05 bits per heavy atom. The van der Waals surface area contributed by atoms with Gasteiger partial charge in [0.2, 0.25) is 0 Å². The van der Waals surface area contributed by atoms with Crippen LogP contribution >= 0.6 is 0 Å². The van der Waals surface area contributed by atoms with E-state index in [1.165, 1.54) is 44.9 Å². The summed E-state index contributed by atoms with van der Waals surface area (Å²) in [6.07, 6.45) is 10.1. The molecule has 0 heterocycles. The van der Waals surface area contributed by atoms with Crippen LogP contribution in [0.5, 0.6) is 0 Å². The minimum atomic E-state index is -3.79. The second-order valence-electron chi connectivity index (χ2n) is 7.10. The van der Waals surface area contributed by atoms with E-state index >= 15 is 0 Å². The fraction of sp³-hybridized carbons (Fsp3) is 0.882. The first kappa shape index (κ1) is 18.0. The molecular weight excluding hydrogens is 298 g/mol. The molecule has 0 bridgehead atoms. The molecule has 0 aliphatic heterocycles. The van der Waals surface area contributed by atoms with E-state index in [1.54, 1.807) is 11.1 Å². The van der Waals surface area contributed by atoms with Crippen LogP contribution in [0, 0.1) is 17.8 Å². The zero-order valence-corrected chi connectivity index (χ0v) is 14.6. The highest BCUT2D eigenvalue weighted by Crippen LogP contribution is 2.48. The van der Waals surface area contributed by atoms with Gasteiger partial charge in [0.05, 0.1) is 5.75 Å². The summed E-state index contributed by atoms with van der Waals surface area (Å²) in [5.74, 6) is 1.78. The van der Waals surface area contributed by atoms with Crippen LogP contribution in [0.3, 0.4) is 0 Å². The molecule has 0 radical (unpaired) electrons. The first-order valence-corrected chi connectivity index (χ1v) is 10.4. The van der Waals surface area contributed by atoms with Crippen LogP contribution in [0.2, 0.25) is 0 Å². The molecule has 0 aromatic carbocycles. The third-order valence-electron chi connectivity index (χ3n) is 5.42. The Morgan fingerprint density at radius 1 is 1.36 bits per heavy atom. The van der Waals surface area contributed by atoms with Crippen LogP contribution in [0.25, 0.3) is 0 Å². The van der Waals surface area contributed by atoms with Crippen molar-refractivity contribution in [1.29, 1.82) is 0 Å². The second kappa shape index (κ2) is 7.93. The molecule has 128 valence electrons. The lowest BCUT2D eigenvalue weighted by molar-refractivity contribution is 0.195.